The number of pyridine rings is 1. The summed E-state index contributed by atoms with van der Waals surface area (Å²) in [6.45, 7) is 2.00. The molecule has 1 fully saturated rings. The van der Waals surface area contributed by atoms with E-state index in [1.807, 2.05) is 19.2 Å². The van der Waals surface area contributed by atoms with Crippen molar-refractivity contribution in [3.63, 3.8) is 0 Å². The standard InChI is InChI=1S/C11H15NO/c1-8-7-12-6-5-10(8)11(13)9-3-2-4-9/h5-7,9,11,13H,2-4H2,1H3. The minimum Gasteiger partial charge on any atom is -0.388 e. The summed E-state index contributed by atoms with van der Waals surface area (Å²) in [6, 6.07) is 1.93. The summed E-state index contributed by atoms with van der Waals surface area (Å²) in [5.41, 5.74) is 2.15. The molecule has 0 amide bonds. The van der Waals surface area contributed by atoms with Crippen molar-refractivity contribution in [2.24, 2.45) is 5.92 Å². The molecule has 2 heteroatoms. The van der Waals surface area contributed by atoms with E-state index in [9.17, 15) is 5.11 Å². The molecule has 2 rings (SSSR count). The number of aliphatic hydroxyl groups is 1. The van der Waals surface area contributed by atoms with Crippen LogP contribution in [0, 0.1) is 12.8 Å². The van der Waals surface area contributed by atoms with E-state index in [2.05, 4.69) is 4.98 Å². The van der Waals surface area contributed by atoms with E-state index in [1.165, 1.54) is 19.3 Å². The molecule has 0 saturated heterocycles. The van der Waals surface area contributed by atoms with Crippen LogP contribution in [0.1, 0.15) is 36.5 Å². The summed E-state index contributed by atoms with van der Waals surface area (Å²) >= 11 is 0. The highest BCUT2D eigenvalue weighted by Crippen LogP contribution is 2.38. The summed E-state index contributed by atoms with van der Waals surface area (Å²) < 4.78 is 0. The normalized spacial score (nSPS) is 19.5. The van der Waals surface area contributed by atoms with Crippen molar-refractivity contribution in [1.29, 1.82) is 0 Å². The molecule has 1 saturated carbocycles. The molecular formula is C11H15NO. The summed E-state index contributed by atoms with van der Waals surface area (Å²) in [5.74, 6) is 0.487. The average Bonchev–Trinajstić information content (AvgIpc) is 2.01. The van der Waals surface area contributed by atoms with Crippen molar-refractivity contribution in [2.75, 3.05) is 0 Å². The van der Waals surface area contributed by atoms with E-state index in [-0.39, 0.29) is 6.10 Å². The van der Waals surface area contributed by atoms with Gasteiger partial charge in [-0.1, -0.05) is 6.42 Å². The molecule has 1 heterocycles. The van der Waals surface area contributed by atoms with Crippen molar-refractivity contribution in [2.45, 2.75) is 32.3 Å². The topological polar surface area (TPSA) is 33.1 Å². The van der Waals surface area contributed by atoms with Crippen molar-refractivity contribution < 1.29 is 5.11 Å². The molecule has 70 valence electrons. The Morgan fingerprint density at radius 2 is 2.31 bits per heavy atom. The van der Waals surface area contributed by atoms with Crippen LogP contribution in [0.4, 0.5) is 0 Å². The molecule has 1 N–H and O–H groups in total. The van der Waals surface area contributed by atoms with E-state index >= 15 is 0 Å². The Balaban J connectivity index is 2.18. The lowest BCUT2D eigenvalue weighted by Crippen LogP contribution is -2.20. The van der Waals surface area contributed by atoms with Crippen LogP contribution in [0.2, 0.25) is 0 Å². The first kappa shape index (κ1) is 8.70. The molecule has 1 unspecified atom stereocenters. The van der Waals surface area contributed by atoms with Gasteiger partial charge in [-0.15, -0.1) is 0 Å². The van der Waals surface area contributed by atoms with Gasteiger partial charge in [-0.25, -0.2) is 0 Å². The van der Waals surface area contributed by atoms with Gasteiger partial charge in [0.05, 0.1) is 6.10 Å². The maximum atomic E-state index is 9.99. The zero-order chi connectivity index (χ0) is 9.26. The lowest BCUT2D eigenvalue weighted by atomic mass is 9.78. The molecule has 2 nitrogen and oxygen atoms in total. The number of nitrogens with zero attached hydrogens (tertiary/aromatic N) is 1. The third-order valence-electron chi connectivity index (χ3n) is 2.98. The minimum atomic E-state index is -0.267. The van der Waals surface area contributed by atoms with Gasteiger partial charge >= 0.3 is 0 Å². The average molecular weight is 177 g/mol. The van der Waals surface area contributed by atoms with Crippen LogP contribution in [0.5, 0.6) is 0 Å². The molecule has 1 aliphatic rings. The third kappa shape index (κ3) is 1.59. The lowest BCUT2D eigenvalue weighted by Gasteiger charge is -2.31. The molecule has 1 atom stereocenters. The highest BCUT2D eigenvalue weighted by molar-refractivity contribution is 5.24. The Morgan fingerprint density at radius 1 is 1.54 bits per heavy atom. The van der Waals surface area contributed by atoms with Gasteiger partial charge < -0.3 is 5.11 Å². The van der Waals surface area contributed by atoms with Gasteiger partial charge in [0, 0.05) is 12.4 Å². The lowest BCUT2D eigenvalue weighted by molar-refractivity contribution is 0.0615. The number of aryl methyl sites for hydroxylation is 1. The van der Waals surface area contributed by atoms with Gasteiger partial charge in [-0.05, 0) is 42.9 Å². The van der Waals surface area contributed by atoms with Gasteiger partial charge in [0.1, 0.15) is 0 Å². The number of aliphatic hydroxyl groups excluding tert-OH is 1. The molecule has 1 aromatic rings. The van der Waals surface area contributed by atoms with Gasteiger partial charge in [0.15, 0.2) is 0 Å². The van der Waals surface area contributed by atoms with Crippen LogP contribution < -0.4 is 0 Å². The number of hydrogen-bond acceptors (Lipinski definition) is 2. The van der Waals surface area contributed by atoms with E-state index in [0.717, 1.165) is 11.1 Å². The zero-order valence-corrected chi connectivity index (χ0v) is 7.90. The van der Waals surface area contributed by atoms with E-state index in [1.54, 1.807) is 6.20 Å². The molecule has 1 aromatic heterocycles. The second-order valence-corrected chi connectivity index (χ2v) is 3.87. The fourth-order valence-corrected chi connectivity index (χ4v) is 1.83. The monoisotopic (exact) mass is 177 g/mol. The first-order valence-electron chi connectivity index (χ1n) is 4.87. The summed E-state index contributed by atoms with van der Waals surface area (Å²) in [4.78, 5) is 4.02. The fraction of sp³-hybridized carbons (Fsp3) is 0.545. The summed E-state index contributed by atoms with van der Waals surface area (Å²) in [5, 5.41) is 9.99. The minimum absolute atomic E-state index is 0.267. The predicted molar refractivity (Wildman–Crippen MR) is 51.3 cm³/mol. The van der Waals surface area contributed by atoms with Crippen molar-refractivity contribution in [3.05, 3.63) is 29.6 Å². The maximum Gasteiger partial charge on any atom is 0.0821 e. The van der Waals surface area contributed by atoms with Crippen LogP contribution in [-0.2, 0) is 0 Å². The van der Waals surface area contributed by atoms with E-state index in [4.69, 9.17) is 0 Å². The summed E-state index contributed by atoms with van der Waals surface area (Å²) in [7, 11) is 0. The van der Waals surface area contributed by atoms with Gasteiger partial charge in [0.2, 0.25) is 0 Å². The molecule has 0 aromatic carbocycles. The molecule has 13 heavy (non-hydrogen) atoms. The maximum absolute atomic E-state index is 9.99. The fourth-order valence-electron chi connectivity index (χ4n) is 1.83. The molecule has 0 radical (unpaired) electrons. The Kier molecular flexibility index (Phi) is 2.32. The SMILES string of the molecule is Cc1cnccc1C(O)C1CCC1. The third-order valence-corrected chi connectivity index (χ3v) is 2.98. The smallest absolute Gasteiger partial charge is 0.0821 e. The van der Waals surface area contributed by atoms with Crippen LogP contribution >= 0.6 is 0 Å². The first-order chi connectivity index (χ1) is 6.29. The van der Waals surface area contributed by atoms with Crippen LogP contribution in [-0.4, -0.2) is 10.1 Å². The quantitative estimate of drug-likeness (QED) is 0.751. The van der Waals surface area contributed by atoms with Crippen LogP contribution in [0.25, 0.3) is 0 Å². The van der Waals surface area contributed by atoms with Crippen molar-refractivity contribution in [1.82, 2.24) is 4.98 Å². The second kappa shape index (κ2) is 3.46. The van der Waals surface area contributed by atoms with Crippen molar-refractivity contribution >= 4 is 0 Å². The Morgan fingerprint density at radius 3 is 2.85 bits per heavy atom. The molecule has 1 aliphatic carbocycles. The van der Waals surface area contributed by atoms with E-state index < -0.39 is 0 Å². The highest BCUT2D eigenvalue weighted by atomic mass is 16.3. The van der Waals surface area contributed by atoms with Crippen LogP contribution in [0.3, 0.4) is 0 Å². The van der Waals surface area contributed by atoms with Crippen molar-refractivity contribution in [3.8, 4) is 0 Å². The molecule has 0 spiro atoms. The second-order valence-electron chi connectivity index (χ2n) is 3.87. The summed E-state index contributed by atoms with van der Waals surface area (Å²) in [6.07, 6.45) is 6.91. The molecular weight excluding hydrogens is 162 g/mol. The number of aromatic nitrogens is 1. The Hall–Kier alpha value is -0.890. The number of rotatable bonds is 2. The van der Waals surface area contributed by atoms with Gasteiger partial charge in [-0.2, -0.15) is 0 Å². The molecule has 0 bridgehead atoms. The predicted octanol–water partition coefficient (Wildman–Crippen LogP) is 2.22. The van der Waals surface area contributed by atoms with Crippen LogP contribution in [0.15, 0.2) is 18.5 Å². The zero-order valence-electron chi connectivity index (χ0n) is 7.90. The Bertz CT molecular complexity index is 294. The first-order valence-corrected chi connectivity index (χ1v) is 4.87. The highest BCUT2D eigenvalue weighted by Gasteiger charge is 2.27. The van der Waals surface area contributed by atoms with E-state index in [0.29, 0.717) is 5.92 Å². The van der Waals surface area contributed by atoms with Gasteiger partial charge in [-0.3, -0.25) is 4.98 Å². The van der Waals surface area contributed by atoms with Gasteiger partial charge in [0.25, 0.3) is 0 Å². The molecule has 0 aliphatic heterocycles. The number of hydrogen-bond donors (Lipinski definition) is 1. The Labute approximate surface area is 78.6 Å². The largest absolute Gasteiger partial charge is 0.388 e.